The van der Waals surface area contributed by atoms with Gasteiger partial charge in [-0.05, 0) is 36.6 Å². The molecule has 4 nitrogen and oxygen atoms in total. The summed E-state index contributed by atoms with van der Waals surface area (Å²) >= 11 is 6.16. The second-order valence-electron chi connectivity index (χ2n) is 5.08. The zero-order chi connectivity index (χ0) is 15.2. The number of hydrogen-bond donors (Lipinski definition) is 1. The topological polar surface area (TPSA) is 47.0 Å². The minimum atomic E-state index is 0.244. The Labute approximate surface area is 130 Å². The van der Waals surface area contributed by atoms with Crippen molar-refractivity contribution in [3.05, 3.63) is 41.3 Å². The lowest BCUT2D eigenvalue weighted by Gasteiger charge is -2.14. The van der Waals surface area contributed by atoms with E-state index >= 15 is 0 Å². The Morgan fingerprint density at radius 1 is 1.19 bits per heavy atom. The molecule has 0 aliphatic rings. The molecule has 1 N–H and O–H groups in total. The van der Waals surface area contributed by atoms with Crippen molar-refractivity contribution in [2.24, 2.45) is 0 Å². The maximum absolute atomic E-state index is 6.16. The molecule has 1 aromatic carbocycles. The summed E-state index contributed by atoms with van der Waals surface area (Å²) in [5.74, 6) is 1.85. The van der Waals surface area contributed by atoms with Gasteiger partial charge in [-0.2, -0.15) is 0 Å². The number of nitrogens with one attached hydrogen (secondary N) is 1. The highest BCUT2D eigenvalue weighted by molar-refractivity contribution is 6.30. The van der Waals surface area contributed by atoms with E-state index in [0.29, 0.717) is 5.15 Å². The minimum Gasteiger partial charge on any atom is -0.494 e. The Hall–Kier alpha value is -1.81. The van der Waals surface area contributed by atoms with Crippen LogP contribution in [0.15, 0.2) is 30.6 Å². The number of nitrogens with zero attached hydrogens (tertiary/aromatic N) is 2. The molecule has 5 heteroatoms. The molecule has 112 valence electrons. The third-order valence-corrected chi connectivity index (χ3v) is 3.30. The predicted molar refractivity (Wildman–Crippen MR) is 86.6 cm³/mol. The summed E-state index contributed by atoms with van der Waals surface area (Å²) < 4.78 is 5.57. The van der Waals surface area contributed by atoms with E-state index in [1.54, 1.807) is 0 Å². The van der Waals surface area contributed by atoms with Gasteiger partial charge in [0.1, 0.15) is 23.0 Å². The highest BCUT2D eigenvalue weighted by Gasteiger charge is 2.13. The Morgan fingerprint density at radius 3 is 2.52 bits per heavy atom. The number of aromatic nitrogens is 2. The fourth-order valence-electron chi connectivity index (χ4n) is 1.98. The van der Waals surface area contributed by atoms with Gasteiger partial charge in [-0.25, -0.2) is 9.97 Å². The van der Waals surface area contributed by atoms with Crippen molar-refractivity contribution in [3.8, 4) is 5.75 Å². The lowest BCUT2D eigenvalue weighted by atomic mass is 10.1. The van der Waals surface area contributed by atoms with Crippen LogP contribution in [0.2, 0.25) is 5.15 Å². The molecule has 0 spiro atoms. The van der Waals surface area contributed by atoms with E-state index in [9.17, 15) is 0 Å². The first-order valence-electron chi connectivity index (χ1n) is 7.12. The molecule has 2 aromatic rings. The number of rotatable bonds is 6. The van der Waals surface area contributed by atoms with E-state index < -0.39 is 0 Å². The molecule has 0 aliphatic carbocycles. The van der Waals surface area contributed by atoms with E-state index in [2.05, 4.69) is 36.1 Å². The highest BCUT2D eigenvalue weighted by Crippen LogP contribution is 2.30. The van der Waals surface area contributed by atoms with Crippen LogP contribution in [0.3, 0.4) is 0 Å². The van der Waals surface area contributed by atoms with Gasteiger partial charge < -0.3 is 10.1 Å². The van der Waals surface area contributed by atoms with Crippen molar-refractivity contribution >= 4 is 23.1 Å². The van der Waals surface area contributed by atoms with Crippen LogP contribution in [0.1, 0.15) is 38.7 Å². The van der Waals surface area contributed by atoms with Crippen molar-refractivity contribution < 1.29 is 4.74 Å². The largest absolute Gasteiger partial charge is 0.494 e. The molecule has 0 radical (unpaired) electrons. The van der Waals surface area contributed by atoms with Gasteiger partial charge in [0.2, 0.25) is 0 Å². The molecular weight excluding hydrogens is 286 g/mol. The molecule has 0 fully saturated rings. The van der Waals surface area contributed by atoms with E-state index in [-0.39, 0.29) is 5.92 Å². The van der Waals surface area contributed by atoms with E-state index in [0.717, 1.165) is 35.8 Å². The molecule has 0 aliphatic heterocycles. The number of hydrogen-bond acceptors (Lipinski definition) is 4. The number of ether oxygens (including phenoxy) is 1. The predicted octanol–water partition coefficient (Wildman–Crippen LogP) is 4.79. The minimum absolute atomic E-state index is 0.244. The summed E-state index contributed by atoms with van der Waals surface area (Å²) in [6, 6.07) is 7.81. The maximum atomic E-state index is 6.16. The highest BCUT2D eigenvalue weighted by atomic mass is 35.5. The first-order valence-corrected chi connectivity index (χ1v) is 7.50. The average Bonchev–Trinajstić information content (AvgIpc) is 2.46. The van der Waals surface area contributed by atoms with E-state index in [1.165, 1.54) is 6.33 Å². The second kappa shape index (κ2) is 7.27. The zero-order valence-corrected chi connectivity index (χ0v) is 13.3. The van der Waals surface area contributed by atoms with Gasteiger partial charge in [0, 0.05) is 11.3 Å². The molecule has 0 bridgehead atoms. The second-order valence-corrected chi connectivity index (χ2v) is 5.44. The van der Waals surface area contributed by atoms with Crippen LogP contribution in [-0.2, 0) is 0 Å². The molecule has 0 atom stereocenters. The first kappa shape index (κ1) is 15.6. The summed E-state index contributed by atoms with van der Waals surface area (Å²) in [7, 11) is 0. The third kappa shape index (κ3) is 4.08. The molecule has 1 aromatic heterocycles. The van der Waals surface area contributed by atoms with Crippen LogP contribution >= 0.6 is 11.6 Å². The Morgan fingerprint density at radius 2 is 1.90 bits per heavy atom. The van der Waals surface area contributed by atoms with Gasteiger partial charge >= 0.3 is 0 Å². The van der Waals surface area contributed by atoms with Gasteiger partial charge in [-0.3, -0.25) is 0 Å². The average molecular weight is 306 g/mol. The molecule has 0 saturated carbocycles. The van der Waals surface area contributed by atoms with E-state index in [1.807, 2.05) is 24.3 Å². The van der Waals surface area contributed by atoms with Gasteiger partial charge in [-0.15, -0.1) is 0 Å². The van der Waals surface area contributed by atoms with Gasteiger partial charge in [0.05, 0.1) is 6.61 Å². The summed E-state index contributed by atoms with van der Waals surface area (Å²) in [6.45, 7) is 6.95. The molecule has 0 amide bonds. The fraction of sp³-hybridized carbons (Fsp3) is 0.375. The number of benzene rings is 1. The van der Waals surface area contributed by atoms with E-state index in [4.69, 9.17) is 16.3 Å². The standard InChI is InChI=1S/C16H20ClN3O/c1-4-9-21-13-7-5-12(6-8-13)20-16-14(11(2)3)15(17)18-10-19-16/h5-8,10-11H,4,9H2,1-3H3,(H,18,19,20). The van der Waals surface area contributed by atoms with Crippen LogP contribution in [-0.4, -0.2) is 16.6 Å². The summed E-state index contributed by atoms with van der Waals surface area (Å²) in [6.07, 6.45) is 2.46. The maximum Gasteiger partial charge on any atom is 0.138 e. The molecular formula is C16H20ClN3O. The van der Waals surface area contributed by atoms with Gasteiger partial charge in [0.25, 0.3) is 0 Å². The smallest absolute Gasteiger partial charge is 0.138 e. The van der Waals surface area contributed by atoms with Gasteiger partial charge in [-0.1, -0.05) is 32.4 Å². The molecule has 1 heterocycles. The summed E-state index contributed by atoms with van der Waals surface area (Å²) in [4.78, 5) is 8.33. The Bertz CT molecular complexity index is 585. The van der Waals surface area contributed by atoms with Crippen LogP contribution in [0.5, 0.6) is 5.75 Å². The van der Waals surface area contributed by atoms with Crippen molar-refractivity contribution in [1.82, 2.24) is 9.97 Å². The lowest BCUT2D eigenvalue weighted by molar-refractivity contribution is 0.317. The lowest BCUT2D eigenvalue weighted by Crippen LogP contribution is -2.03. The Kier molecular flexibility index (Phi) is 5.39. The quantitative estimate of drug-likeness (QED) is 0.780. The monoisotopic (exact) mass is 305 g/mol. The number of halogens is 1. The molecule has 2 rings (SSSR count). The zero-order valence-electron chi connectivity index (χ0n) is 12.6. The van der Waals surface area contributed by atoms with Crippen molar-refractivity contribution in [2.45, 2.75) is 33.1 Å². The fourth-order valence-corrected chi connectivity index (χ4v) is 2.33. The first-order chi connectivity index (χ1) is 10.1. The normalized spacial score (nSPS) is 10.7. The summed E-state index contributed by atoms with van der Waals surface area (Å²) in [5.41, 5.74) is 1.86. The van der Waals surface area contributed by atoms with Gasteiger partial charge in [0.15, 0.2) is 0 Å². The van der Waals surface area contributed by atoms with Crippen LogP contribution in [0, 0.1) is 0 Å². The van der Waals surface area contributed by atoms with Crippen LogP contribution in [0.25, 0.3) is 0 Å². The Balaban J connectivity index is 2.17. The molecule has 0 unspecified atom stereocenters. The van der Waals surface area contributed by atoms with Crippen LogP contribution < -0.4 is 10.1 Å². The molecule has 21 heavy (non-hydrogen) atoms. The van der Waals surface area contributed by atoms with Crippen molar-refractivity contribution in [1.29, 1.82) is 0 Å². The number of anilines is 2. The summed E-state index contributed by atoms with van der Waals surface area (Å²) in [5, 5.41) is 3.78. The third-order valence-electron chi connectivity index (χ3n) is 3.00. The van der Waals surface area contributed by atoms with Crippen molar-refractivity contribution in [3.63, 3.8) is 0 Å². The van der Waals surface area contributed by atoms with Crippen LogP contribution in [0.4, 0.5) is 11.5 Å². The van der Waals surface area contributed by atoms with Crippen molar-refractivity contribution in [2.75, 3.05) is 11.9 Å². The SMILES string of the molecule is CCCOc1ccc(Nc2ncnc(Cl)c2C(C)C)cc1. The molecule has 0 saturated heterocycles.